The number of carbonyl (C=O) groups excluding carboxylic acids is 1. The van der Waals surface area contributed by atoms with Crippen molar-refractivity contribution in [3.05, 3.63) is 34.4 Å². The standard InChI is InChI=1S/C12H16N2O5/c1-9(15)7-13(2)12(16)8-19-11-5-3-4-10(6-11)14(17)18/h3-6,9,15H,7-8H2,1-2H3. The molecule has 0 aliphatic carbocycles. The molecule has 0 radical (unpaired) electrons. The molecule has 0 bridgehead atoms. The van der Waals surface area contributed by atoms with Gasteiger partial charge in [-0.1, -0.05) is 6.07 Å². The lowest BCUT2D eigenvalue weighted by molar-refractivity contribution is -0.384. The van der Waals surface area contributed by atoms with Crippen molar-refractivity contribution in [3.63, 3.8) is 0 Å². The maximum absolute atomic E-state index is 11.6. The number of ether oxygens (including phenoxy) is 1. The molecular weight excluding hydrogens is 252 g/mol. The average Bonchev–Trinajstić information content (AvgIpc) is 2.35. The Morgan fingerprint density at radius 3 is 2.84 bits per heavy atom. The Bertz CT molecular complexity index is 461. The summed E-state index contributed by atoms with van der Waals surface area (Å²) in [5.41, 5.74) is -0.0951. The van der Waals surface area contributed by atoms with Crippen molar-refractivity contribution in [3.8, 4) is 5.75 Å². The highest BCUT2D eigenvalue weighted by atomic mass is 16.6. The number of rotatable bonds is 6. The van der Waals surface area contributed by atoms with Crippen molar-refractivity contribution in [2.24, 2.45) is 0 Å². The summed E-state index contributed by atoms with van der Waals surface area (Å²) in [5.74, 6) is -0.0552. The Morgan fingerprint density at radius 1 is 1.58 bits per heavy atom. The minimum atomic E-state index is -0.619. The quantitative estimate of drug-likeness (QED) is 0.608. The van der Waals surface area contributed by atoms with E-state index >= 15 is 0 Å². The third-order valence-electron chi connectivity index (χ3n) is 2.35. The smallest absolute Gasteiger partial charge is 0.273 e. The highest BCUT2D eigenvalue weighted by molar-refractivity contribution is 5.77. The molecule has 104 valence electrons. The van der Waals surface area contributed by atoms with E-state index in [4.69, 9.17) is 9.84 Å². The van der Waals surface area contributed by atoms with Gasteiger partial charge in [0.1, 0.15) is 5.75 Å². The fourth-order valence-electron chi connectivity index (χ4n) is 1.44. The molecule has 1 aromatic rings. The van der Waals surface area contributed by atoms with Crippen LogP contribution in [0.1, 0.15) is 6.92 Å². The van der Waals surface area contributed by atoms with Gasteiger partial charge in [0.15, 0.2) is 6.61 Å². The van der Waals surface area contributed by atoms with Gasteiger partial charge < -0.3 is 14.7 Å². The molecular formula is C12H16N2O5. The van der Waals surface area contributed by atoms with E-state index in [1.807, 2.05) is 0 Å². The minimum Gasteiger partial charge on any atom is -0.484 e. The Morgan fingerprint density at radius 2 is 2.26 bits per heavy atom. The van der Waals surface area contributed by atoms with E-state index in [0.29, 0.717) is 0 Å². The number of hydrogen-bond donors (Lipinski definition) is 1. The molecule has 1 rings (SSSR count). The predicted octanol–water partition coefficient (Wildman–Crippen LogP) is 0.813. The molecule has 0 spiro atoms. The fourth-order valence-corrected chi connectivity index (χ4v) is 1.44. The zero-order valence-corrected chi connectivity index (χ0v) is 10.8. The predicted molar refractivity (Wildman–Crippen MR) is 67.9 cm³/mol. The van der Waals surface area contributed by atoms with E-state index in [1.54, 1.807) is 14.0 Å². The lowest BCUT2D eigenvalue weighted by atomic mass is 10.3. The molecule has 0 fully saturated rings. The van der Waals surface area contributed by atoms with Gasteiger partial charge in [0.25, 0.3) is 11.6 Å². The Hall–Kier alpha value is -2.15. The molecule has 0 aromatic heterocycles. The van der Waals surface area contributed by atoms with E-state index in [1.165, 1.54) is 29.2 Å². The first-order chi connectivity index (χ1) is 8.90. The van der Waals surface area contributed by atoms with E-state index in [2.05, 4.69) is 0 Å². The largest absolute Gasteiger partial charge is 0.484 e. The van der Waals surface area contributed by atoms with E-state index in [-0.39, 0.29) is 30.5 Å². The van der Waals surface area contributed by atoms with E-state index in [9.17, 15) is 14.9 Å². The molecule has 1 unspecified atom stereocenters. The van der Waals surface area contributed by atoms with Crippen molar-refractivity contribution >= 4 is 11.6 Å². The molecule has 0 aliphatic rings. The number of nitrogens with zero attached hydrogens (tertiary/aromatic N) is 2. The highest BCUT2D eigenvalue weighted by Crippen LogP contribution is 2.18. The Balaban J connectivity index is 2.54. The van der Waals surface area contributed by atoms with Crippen LogP contribution in [-0.2, 0) is 4.79 Å². The maximum Gasteiger partial charge on any atom is 0.273 e. The monoisotopic (exact) mass is 268 g/mol. The molecule has 19 heavy (non-hydrogen) atoms. The van der Waals surface area contributed by atoms with Crippen LogP contribution >= 0.6 is 0 Å². The number of aliphatic hydroxyl groups is 1. The lowest BCUT2D eigenvalue weighted by Gasteiger charge is -2.18. The first-order valence-electron chi connectivity index (χ1n) is 5.69. The molecule has 1 amide bonds. The zero-order chi connectivity index (χ0) is 14.4. The molecule has 0 saturated heterocycles. The SMILES string of the molecule is CC(O)CN(C)C(=O)COc1cccc([N+](=O)[O-])c1. The second kappa shape index (κ2) is 6.69. The number of likely N-dealkylation sites (N-methyl/N-ethyl adjacent to an activating group) is 1. The molecule has 0 heterocycles. The number of amides is 1. The number of nitro groups is 1. The summed E-state index contributed by atoms with van der Waals surface area (Å²) in [6, 6.07) is 5.61. The molecule has 7 nitrogen and oxygen atoms in total. The van der Waals surface area contributed by atoms with Crippen molar-refractivity contribution in [1.29, 1.82) is 0 Å². The number of hydrogen-bond acceptors (Lipinski definition) is 5. The van der Waals surface area contributed by atoms with Gasteiger partial charge in [-0.2, -0.15) is 0 Å². The summed E-state index contributed by atoms with van der Waals surface area (Å²) in [6.07, 6.45) is -0.619. The number of nitro benzene ring substituents is 1. The van der Waals surface area contributed by atoms with Gasteiger partial charge in [0.05, 0.1) is 17.1 Å². The van der Waals surface area contributed by atoms with Crippen LogP contribution in [0, 0.1) is 10.1 Å². The van der Waals surface area contributed by atoms with Crippen LogP contribution in [0.2, 0.25) is 0 Å². The van der Waals surface area contributed by atoms with E-state index in [0.717, 1.165) is 0 Å². The van der Waals surface area contributed by atoms with Crippen LogP contribution < -0.4 is 4.74 Å². The van der Waals surface area contributed by atoms with Gasteiger partial charge in [-0.05, 0) is 13.0 Å². The molecule has 1 N–H and O–H groups in total. The number of benzene rings is 1. The van der Waals surface area contributed by atoms with Gasteiger partial charge in [-0.25, -0.2) is 0 Å². The van der Waals surface area contributed by atoms with Gasteiger partial charge in [0, 0.05) is 19.7 Å². The van der Waals surface area contributed by atoms with Crippen LogP contribution in [0.5, 0.6) is 5.75 Å². The summed E-state index contributed by atoms with van der Waals surface area (Å²) in [6.45, 7) is 1.55. The van der Waals surface area contributed by atoms with Crippen molar-refractivity contribution in [2.75, 3.05) is 20.2 Å². The van der Waals surface area contributed by atoms with Gasteiger partial charge in [-0.15, -0.1) is 0 Å². The molecule has 1 aromatic carbocycles. The first kappa shape index (κ1) is 14.9. The Kier molecular flexibility index (Phi) is 5.25. The normalized spacial score (nSPS) is 11.7. The van der Waals surface area contributed by atoms with Crippen molar-refractivity contribution in [1.82, 2.24) is 4.90 Å². The summed E-state index contributed by atoms with van der Waals surface area (Å²) in [5, 5.41) is 19.7. The zero-order valence-electron chi connectivity index (χ0n) is 10.8. The molecule has 7 heteroatoms. The topological polar surface area (TPSA) is 92.9 Å². The van der Waals surface area contributed by atoms with Crippen LogP contribution in [0.25, 0.3) is 0 Å². The number of carbonyl (C=O) groups is 1. The van der Waals surface area contributed by atoms with Gasteiger partial charge in [0.2, 0.25) is 0 Å². The average molecular weight is 268 g/mol. The summed E-state index contributed by atoms with van der Waals surface area (Å²) in [4.78, 5) is 23.0. The molecule has 0 aliphatic heterocycles. The first-order valence-corrected chi connectivity index (χ1v) is 5.69. The van der Waals surface area contributed by atoms with E-state index < -0.39 is 11.0 Å². The molecule has 1 atom stereocenters. The van der Waals surface area contributed by atoms with Crippen LogP contribution in [0.4, 0.5) is 5.69 Å². The molecule has 0 saturated carbocycles. The third-order valence-corrected chi connectivity index (χ3v) is 2.35. The maximum atomic E-state index is 11.6. The van der Waals surface area contributed by atoms with Crippen LogP contribution in [-0.4, -0.2) is 47.1 Å². The summed E-state index contributed by atoms with van der Waals surface area (Å²) >= 11 is 0. The third kappa shape index (κ3) is 4.92. The lowest BCUT2D eigenvalue weighted by Crippen LogP contribution is -2.36. The number of non-ortho nitro benzene ring substituents is 1. The van der Waals surface area contributed by atoms with Crippen molar-refractivity contribution < 1.29 is 19.6 Å². The van der Waals surface area contributed by atoms with Crippen molar-refractivity contribution in [2.45, 2.75) is 13.0 Å². The second-order valence-electron chi connectivity index (χ2n) is 4.17. The second-order valence-corrected chi connectivity index (χ2v) is 4.17. The van der Waals surface area contributed by atoms with Gasteiger partial charge >= 0.3 is 0 Å². The Labute approximate surface area is 110 Å². The number of aliphatic hydroxyl groups excluding tert-OH is 1. The van der Waals surface area contributed by atoms with Gasteiger partial charge in [-0.3, -0.25) is 14.9 Å². The summed E-state index contributed by atoms with van der Waals surface area (Å²) in [7, 11) is 1.55. The minimum absolute atomic E-state index is 0.0951. The summed E-state index contributed by atoms with van der Waals surface area (Å²) < 4.78 is 5.18. The highest BCUT2D eigenvalue weighted by Gasteiger charge is 2.12. The van der Waals surface area contributed by atoms with Crippen LogP contribution in [0.3, 0.4) is 0 Å². The fraction of sp³-hybridized carbons (Fsp3) is 0.417. The van der Waals surface area contributed by atoms with Crippen LogP contribution in [0.15, 0.2) is 24.3 Å².